The Morgan fingerprint density at radius 3 is 2.60 bits per heavy atom. The zero-order chi connectivity index (χ0) is 21.5. The Hall–Kier alpha value is -1.60. The van der Waals surface area contributed by atoms with E-state index in [0.29, 0.717) is 6.61 Å². The van der Waals surface area contributed by atoms with Crippen LogP contribution >= 0.6 is 22.6 Å². The van der Waals surface area contributed by atoms with Crippen LogP contribution in [0.4, 0.5) is 0 Å². The minimum absolute atomic E-state index is 0.0856. The largest absolute Gasteiger partial charge is 0.491 e. The number of carbonyl (C=O) groups is 1. The summed E-state index contributed by atoms with van der Waals surface area (Å²) in [6.07, 6.45) is 2.96. The third kappa shape index (κ3) is 5.35. The fraction of sp³-hybridized carbons (Fsp3) is 0.480. The van der Waals surface area contributed by atoms with Crippen LogP contribution < -0.4 is 9.47 Å². The van der Waals surface area contributed by atoms with Gasteiger partial charge in [0.1, 0.15) is 24.2 Å². The van der Waals surface area contributed by atoms with Crippen LogP contribution in [-0.2, 0) is 0 Å². The van der Waals surface area contributed by atoms with Gasteiger partial charge in [0.15, 0.2) is 5.78 Å². The number of para-hydroxylation sites is 1. The lowest BCUT2D eigenvalue weighted by Crippen LogP contribution is -2.28. The van der Waals surface area contributed by atoms with E-state index in [1.807, 2.05) is 42.5 Å². The van der Waals surface area contributed by atoms with E-state index in [1.54, 1.807) is 0 Å². The molecule has 162 valence electrons. The first-order chi connectivity index (χ1) is 14.6. The Bertz CT molecular complexity index is 850. The summed E-state index contributed by atoms with van der Waals surface area (Å²) in [5.74, 6) is 1.58. The third-order valence-corrected chi connectivity index (χ3v) is 6.65. The number of ketones is 1. The van der Waals surface area contributed by atoms with Gasteiger partial charge < -0.3 is 14.4 Å². The average molecular weight is 521 g/mol. The normalized spacial score (nSPS) is 17.6. The van der Waals surface area contributed by atoms with Crippen molar-refractivity contribution in [1.82, 2.24) is 4.90 Å². The number of halogens is 1. The molecule has 0 aromatic heterocycles. The molecule has 1 heterocycles. The van der Waals surface area contributed by atoms with E-state index in [9.17, 15) is 4.79 Å². The number of unbranched alkanes of at least 4 members (excludes halogenated alkanes) is 1. The number of likely N-dealkylation sites (N-methyl/N-ethyl adjacent to an activating group) is 1. The minimum atomic E-state index is -0.238. The zero-order valence-electron chi connectivity index (χ0n) is 18.2. The predicted molar refractivity (Wildman–Crippen MR) is 130 cm³/mol. The van der Waals surface area contributed by atoms with E-state index < -0.39 is 0 Å². The monoisotopic (exact) mass is 521 g/mol. The molecule has 1 aliphatic heterocycles. The predicted octanol–water partition coefficient (Wildman–Crippen LogP) is 5.93. The van der Waals surface area contributed by atoms with Crippen molar-refractivity contribution in [3.8, 4) is 11.5 Å². The molecule has 4 nitrogen and oxygen atoms in total. The van der Waals surface area contributed by atoms with Crippen molar-refractivity contribution in [2.75, 3.05) is 26.2 Å². The fourth-order valence-corrected chi connectivity index (χ4v) is 4.66. The number of hydrogen-bond acceptors (Lipinski definition) is 4. The molecule has 30 heavy (non-hydrogen) atoms. The van der Waals surface area contributed by atoms with Gasteiger partial charge in [-0.25, -0.2) is 0 Å². The minimum Gasteiger partial charge on any atom is -0.491 e. The van der Waals surface area contributed by atoms with Gasteiger partial charge in [-0.3, -0.25) is 4.79 Å². The summed E-state index contributed by atoms with van der Waals surface area (Å²) in [5.41, 5.74) is 1.74. The van der Waals surface area contributed by atoms with Crippen molar-refractivity contribution < 1.29 is 14.3 Å². The number of hydrogen-bond donors (Lipinski definition) is 0. The molecular weight excluding hydrogens is 489 g/mol. The Balaban J connectivity index is 1.74. The molecule has 2 unspecified atom stereocenters. The number of fused-ring (bicyclic) bond motifs is 1. The van der Waals surface area contributed by atoms with E-state index in [2.05, 4.69) is 48.3 Å². The molecule has 3 rings (SSSR count). The summed E-state index contributed by atoms with van der Waals surface area (Å²) in [6, 6.07) is 13.7. The molecule has 0 aliphatic carbocycles. The molecule has 2 atom stereocenters. The number of rotatable bonds is 11. The lowest BCUT2D eigenvalue weighted by molar-refractivity contribution is 0.0886. The van der Waals surface area contributed by atoms with Crippen LogP contribution in [0, 0.1) is 3.57 Å². The van der Waals surface area contributed by atoms with E-state index in [1.165, 1.54) is 0 Å². The average Bonchev–Trinajstić information content (AvgIpc) is 3.14. The van der Waals surface area contributed by atoms with Gasteiger partial charge in [-0.05, 0) is 66.4 Å². The van der Waals surface area contributed by atoms with E-state index in [4.69, 9.17) is 9.47 Å². The van der Waals surface area contributed by atoms with Crippen LogP contribution in [0.1, 0.15) is 61.9 Å². The second kappa shape index (κ2) is 11.1. The SMILES string of the molecule is CCCCC1Oc2ccccc2C1C(=O)c1ccc(OCCN(CC)CC)c(I)c1. The van der Waals surface area contributed by atoms with Crippen LogP contribution in [-0.4, -0.2) is 43.0 Å². The van der Waals surface area contributed by atoms with Crippen molar-refractivity contribution in [3.63, 3.8) is 0 Å². The third-order valence-electron chi connectivity index (χ3n) is 5.80. The maximum Gasteiger partial charge on any atom is 0.174 e. The summed E-state index contributed by atoms with van der Waals surface area (Å²) >= 11 is 2.26. The lowest BCUT2D eigenvalue weighted by atomic mass is 9.86. The van der Waals surface area contributed by atoms with Crippen molar-refractivity contribution >= 4 is 28.4 Å². The highest BCUT2D eigenvalue weighted by Gasteiger charge is 2.39. The summed E-state index contributed by atoms with van der Waals surface area (Å²) in [5, 5.41) is 0. The van der Waals surface area contributed by atoms with Crippen molar-refractivity contribution in [2.24, 2.45) is 0 Å². The molecule has 1 aliphatic rings. The topological polar surface area (TPSA) is 38.8 Å². The lowest BCUT2D eigenvalue weighted by Gasteiger charge is -2.19. The van der Waals surface area contributed by atoms with Gasteiger partial charge in [-0.2, -0.15) is 0 Å². The molecule has 0 spiro atoms. The number of benzene rings is 2. The highest BCUT2D eigenvalue weighted by molar-refractivity contribution is 14.1. The molecule has 5 heteroatoms. The van der Waals surface area contributed by atoms with Gasteiger partial charge in [-0.1, -0.05) is 51.8 Å². The van der Waals surface area contributed by atoms with Crippen LogP contribution in [0.2, 0.25) is 0 Å². The van der Waals surface area contributed by atoms with Crippen LogP contribution in [0.15, 0.2) is 42.5 Å². The van der Waals surface area contributed by atoms with E-state index in [-0.39, 0.29) is 17.8 Å². The smallest absolute Gasteiger partial charge is 0.174 e. The molecule has 0 saturated carbocycles. The number of ether oxygens (including phenoxy) is 2. The van der Waals surface area contributed by atoms with Crippen molar-refractivity contribution in [1.29, 1.82) is 0 Å². The standard InChI is InChI=1S/C25H32INO3/c1-4-7-11-23-24(19-10-8-9-12-21(19)30-23)25(28)18-13-14-22(20(26)17-18)29-16-15-27(5-2)6-3/h8-10,12-14,17,23-24H,4-7,11,15-16H2,1-3H3. The summed E-state index contributed by atoms with van der Waals surface area (Å²) in [7, 11) is 0. The highest BCUT2D eigenvalue weighted by Crippen LogP contribution is 2.42. The molecule has 2 aromatic rings. The van der Waals surface area contributed by atoms with E-state index >= 15 is 0 Å². The van der Waals surface area contributed by atoms with Gasteiger partial charge in [-0.15, -0.1) is 0 Å². The summed E-state index contributed by atoms with van der Waals surface area (Å²) in [6.45, 7) is 10.1. The van der Waals surface area contributed by atoms with Gasteiger partial charge in [0.05, 0.1) is 9.49 Å². The van der Waals surface area contributed by atoms with Crippen LogP contribution in [0.5, 0.6) is 11.5 Å². The van der Waals surface area contributed by atoms with Crippen molar-refractivity contribution in [3.05, 3.63) is 57.2 Å². The van der Waals surface area contributed by atoms with Gasteiger partial charge in [0.25, 0.3) is 0 Å². The summed E-state index contributed by atoms with van der Waals surface area (Å²) < 4.78 is 13.1. The quantitative estimate of drug-likeness (QED) is 0.272. The Kier molecular flexibility index (Phi) is 8.57. The maximum absolute atomic E-state index is 13.5. The fourth-order valence-electron chi connectivity index (χ4n) is 3.99. The van der Waals surface area contributed by atoms with Gasteiger partial charge in [0.2, 0.25) is 0 Å². The van der Waals surface area contributed by atoms with E-state index in [0.717, 1.165) is 65.1 Å². The first-order valence-corrected chi connectivity index (χ1v) is 12.1. The molecule has 0 bridgehead atoms. The first-order valence-electron chi connectivity index (χ1n) is 11.0. The second-order valence-corrected chi connectivity index (χ2v) is 8.86. The first kappa shape index (κ1) is 23.1. The number of nitrogens with zero attached hydrogens (tertiary/aromatic N) is 1. The maximum atomic E-state index is 13.5. The van der Waals surface area contributed by atoms with Crippen LogP contribution in [0.3, 0.4) is 0 Å². The molecular formula is C25H32INO3. The Labute approximate surface area is 194 Å². The molecule has 0 fully saturated rings. The van der Waals surface area contributed by atoms with Gasteiger partial charge in [0, 0.05) is 17.7 Å². The number of carbonyl (C=O) groups excluding carboxylic acids is 1. The highest BCUT2D eigenvalue weighted by atomic mass is 127. The number of Topliss-reactive ketones (excluding diaryl/α,β-unsaturated/α-hetero) is 1. The molecule has 0 radical (unpaired) electrons. The molecule has 0 saturated heterocycles. The zero-order valence-corrected chi connectivity index (χ0v) is 20.4. The summed E-state index contributed by atoms with van der Waals surface area (Å²) in [4.78, 5) is 15.8. The van der Waals surface area contributed by atoms with Crippen molar-refractivity contribution in [2.45, 2.75) is 52.1 Å². The second-order valence-electron chi connectivity index (χ2n) is 7.70. The Morgan fingerprint density at radius 1 is 1.13 bits per heavy atom. The van der Waals surface area contributed by atoms with Gasteiger partial charge >= 0.3 is 0 Å². The molecule has 0 amide bonds. The van der Waals surface area contributed by atoms with Crippen LogP contribution in [0.25, 0.3) is 0 Å². The molecule has 0 N–H and O–H groups in total. The Morgan fingerprint density at radius 2 is 1.90 bits per heavy atom. The molecule has 2 aromatic carbocycles.